The Morgan fingerprint density at radius 3 is 2.40 bits per heavy atom. The molecule has 1 atom stereocenters. The van der Waals surface area contributed by atoms with E-state index < -0.39 is 11.6 Å². The Hall–Kier alpha value is -1.20. The topological polar surface area (TPSA) is 55.5 Å². The van der Waals surface area contributed by atoms with Crippen LogP contribution in [0.5, 0.6) is 5.75 Å². The molecule has 1 unspecified atom stereocenters. The normalized spacial score (nSPS) is 12.5. The van der Waals surface area contributed by atoms with E-state index in [0.29, 0.717) is 6.42 Å². The predicted octanol–water partition coefficient (Wildman–Crippen LogP) is 1.05. The van der Waals surface area contributed by atoms with Crippen molar-refractivity contribution in [2.45, 2.75) is 12.5 Å². The first-order valence-electron chi connectivity index (χ1n) is 4.57. The highest BCUT2D eigenvalue weighted by molar-refractivity contribution is 5.23. The lowest BCUT2D eigenvalue weighted by molar-refractivity contribution is 0.229. The van der Waals surface area contributed by atoms with Gasteiger partial charge in [0.2, 0.25) is 0 Å². The van der Waals surface area contributed by atoms with Crippen LogP contribution < -0.4 is 10.5 Å². The van der Waals surface area contributed by atoms with E-state index in [1.54, 1.807) is 0 Å². The van der Waals surface area contributed by atoms with Crippen LogP contribution in [0.4, 0.5) is 8.78 Å². The fourth-order valence-corrected chi connectivity index (χ4v) is 1.03. The summed E-state index contributed by atoms with van der Waals surface area (Å²) < 4.78 is 30.5. The molecule has 0 saturated heterocycles. The summed E-state index contributed by atoms with van der Waals surface area (Å²) in [4.78, 5) is 0. The Morgan fingerprint density at radius 1 is 1.27 bits per heavy atom. The molecule has 0 bridgehead atoms. The Bertz CT molecular complexity index is 300. The summed E-state index contributed by atoms with van der Waals surface area (Å²) in [5.74, 6) is -1.24. The fourth-order valence-electron chi connectivity index (χ4n) is 1.03. The van der Waals surface area contributed by atoms with Crippen molar-refractivity contribution in [3.63, 3.8) is 0 Å². The van der Waals surface area contributed by atoms with Gasteiger partial charge in [-0.25, -0.2) is 8.78 Å². The van der Waals surface area contributed by atoms with E-state index in [1.165, 1.54) is 0 Å². The summed E-state index contributed by atoms with van der Waals surface area (Å²) in [6, 6.07) is 2.58. The van der Waals surface area contributed by atoms with E-state index in [1.807, 2.05) is 0 Å². The minimum absolute atomic E-state index is 0.123. The molecule has 1 rings (SSSR count). The zero-order valence-corrected chi connectivity index (χ0v) is 8.12. The summed E-state index contributed by atoms with van der Waals surface area (Å²) in [5.41, 5.74) is 5.42. The van der Waals surface area contributed by atoms with E-state index in [-0.39, 0.29) is 25.0 Å². The molecule has 0 aromatic heterocycles. The second kappa shape index (κ2) is 5.63. The van der Waals surface area contributed by atoms with Crippen LogP contribution in [0.3, 0.4) is 0 Å². The molecule has 0 saturated carbocycles. The summed E-state index contributed by atoms with van der Waals surface area (Å²) in [6.07, 6.45) is 0.425. The van der Waals surface area contributed by atoms with E-state index in [0.717, 1.165) is 18.2 Å². The first-order valence-corrected chi connectivity index (χ1v) is 4.57. The molecule has 0 radical (unpaired) electrons. The standard InChI is InChI=1S/C10H13F2NO2/c11-7-3-8(12)5-10(4-7)15-2-1-9(13)6-14/h3-5,9,14H,1-2,6,13H2. The van der Waals surface area contributed by atoms with Crippen LogP contribution in [-0.4, -0.2) is 24.4 Å². The van der Waals surface area contributed by atoms with Crippen LogP contribution in [0.25, 0.3) is 0 Å². The summed E-state index contributed by atoms with van der Waals surface area (Å²) >= 11 is 0. The zero-order chi connectivity index (χ0) is 11.3. The third-order valence-electron chi connectivity index (χ3n) is 1.83. The van der Waals surface area contributed by atoms with Crippen LogP contribution >= 0.6 is 0 Å². The van der Waals surface area contributed by atoms with Gasteiger partial charge in [-0.05, 0) is 6.42 Å². The van der Waals surface area contributed by atoms with E-state index in [9.17, 15) is 8.78 Å². The van der Waals surface area contributed by atoms with Crippen LogP contribution in [0.1, 0.15) is 6.42 Å². The van der Waals surface area contributed by atoms with Gasteiger partial charge in [-0.2, -0.15) is 0 Å². The molecule has 0 aliphatic heterocycles. The van der Waals surface area contributed by atoms with Crippen molar-refractivity contribution >= 4 is 0 Å². The zero-order valence-electron chi connectivity index (χ0n) is 8.12. The number of rotatable bonds is 5. The third-order valence-corrected chi connectivity index (χ3v) is 1.83. The Morgan fingerprint density at radius 2 is 1.87 bits per heavy atom. The number of nitrogens with two attached hydrogens (primary N) is 1. The number of hydrogen-bond acceptors (Lipinski definition) is 3. The lowest BCUT2D eigenvalue weighted by Crippen LogP contribution is -2.26. The van der Waals surface area contributed by atoms with Gasteiger partial charge in [0.05, 0.1) is 13.2 Å². The highest BCUT2D eigenvalue weighted by Crippen LogP contribution is 2.15. The van der Waals surface area contributed by atoms with Crippen LogP contribution in [0.2, 0.25) is 0 Å². The monoisotopic (exact) mass is 217 g/mol. The van der Waals surface area contributed by atoms with Gasteiger partial charge in [0.25, 0.3) is 0 Å². The van der Waals surface area contributed by atoms with Gasteiger partial charge < -0.3 is 15.6 Å². The second-order valence-corrected chi connectivity index (χ2v) is 3.18. The largest absolute Gasteiger partial charge is 0.493 e. The third kappa shape index (κ3) is 4.22. The van der Waals surface area contributed by atoms with E-state index in [4.69, 9.17) is 15.6 Å². The van der Waals surface area contributed by atoms with Crippen molar-refractivity contribution in [3.05, 3.63) is 29.8 Å². The van der Waals surface area contributed by atoms with E-state index in [2.05, 4.69) is 0 Å². The molecular formula is C10H13F2NO2. The van der Waals surface area contributed by atoms with Crippen molar-refractivity contribution in [2.24, 2.45) is 5.73 Å². The predicted molar refractivity (Wildman–Crippen MR) is 51.5 cm³/mol. The van der Waals surface area contributed by atoms with Crippen LogP contribution in [0, 0.1) is 11.6 Å². The maximum atomic E-state index is 12.7. The number of halogens is 2. The Kier molecular flexibility index (Phi) is 4.45. The molecule has 0 aliphatic carbocycles. The summed E-state index contributed by atoms with van der Waals surface area (Å²) in [7, 11) is 0. The molecular weight excluding hydrogens is 204 g/mol. The summed E-state index contributed by atoms with van der Waals surface area (Å²) in [6.45, 7) is 0.0749. The van der Waals surface area contributed by atoms with Crippen molar-refractivity contribution in [1.82, 2.24) is 0 Å². The van der Waals surface area contributed by atoms with Gasteiger partial charge in [0.15, 0.2) is 0 Å². The van der Waals surface area contributed by atoms with Crippen molar-refractivity contribution in [3.8, 4) is 5.75 Å². The molecule has 0 amide bonds. The minimum Gasteiger partial charge on any atom is -0.493 e. The second-order valence-electron chi connectivity index (χ2n) is 3.18. The van der Waals surface area contributed by atoms with E-state index >= 15 is 0 Å². The van der Waals surface area contributed by atoms with Crippen LogP contribution in [0.15, 0.2) is 18.2 Å². The minimum atomic E-state index is -0.684. The number of ether oxygens (including phenoxy) is 1. The molecule has 1 aromatic rings. The molecule has 0 aliphatic rings. The molecule has 0 heterocycles. The first kappa shape index (κ1) is 11.9. The number of aliphatic hydroxyl groups excluding tert-OH is 1. The SMILES string of the molecule is NC(CO)CCOc1cc(F)cc(F)c1. The Balaban J connectivity index is 2.43. The highest BCUT2D eigenvalue weighted by atomic mass is 19.1. The number of hydrogen-bond donors (Lipinski definition) is 2. The van der Waals surface area contributed by atoms with Crippen molar-refractivity contribution < 1.29 is 18.6 Å². The molecule has 5 heteroatoms. The van der Waals surface area contributed by atoms with Gasteiger partial charge in [0, 0.05) is 24.2 Å². The van der Waals surface area contributed by atoms with Crippen molar-refractivity contribution in [1.29, 1.82) is 0 Å². The average Bonchev–Trinajstić information content (AvgIpc) is 2.16. The molecule has 15 heavy (non-hydrogen) atoms. The molecule has 1 aromatic carbocycles. The lowest BCUT2D eigenvalue weighted by atomic mass is 10.2. The number of benzene rings is 1. The molecule has 84 valence electrons. The molecule has 0 fully saturated rings. The maximum absolute atomic E-state index is 12.7. The van der Waals surface area contributed by atoms with Gasteiger partial charge in [-0.15, -0.1) is 0 Å². The van der Waals surface area contributed by atoms with Gasteiger partial charge in [-0.3, -0.25) is 0 Å². The van der Waals surface area contributed by atoms with Gasteiger partial charge in [-0.1, -0.05) is 0 Å². The average molecular weight is 217 g/mol. The molecule has 3 N–H and O–H groups in total. The fraction of sp³-hybridized carbons (Fsp3) is 0.400. The van der Waals surface area contributed by atoms with Gasteiger partial charge in [0.1, 0.15) is 17.4 Å². The molecule has 0 spiro atoms. The number of aliphatic hydroxyl groups is 1. The quantitative estimate of drug-likeness (QED) is 0.775. The van der Waals surface area contributed by atoms with Crippen molar-refractivity contribution in [2.75, 3.05) is 13.2 Å². The lowest BCUT2D eigenvalue weighted by Gasteiger charge is -2.09. The smallest absolute Gasteiger partial charge is 0.129 e. The first-order chi connectivity index (χ1) is 7.11. The van der Waals surface area contributed by atoms with Crippen LogP contribution in [-0.2, 0) is 0 Å². The maximum Gasteiger partial charge on any atom is 0.129 e. The Labute approximate surface area is 86.5 Å². The molecule has 3 nitrogen and oxygen atoms in total. The highest BCUT2D eigenvalue weighted by Gasteiger charge is 2.03. The summed E-state index contributed by atoms with van der Waals surface area (Å²) in [5, 5.41) is 8.62. The van der Waals surface area contributed by atoms with Gasteiger partial charge >= 0.3 is 0 Å².